The summed E-state index contributed by atoms with van der Waals surface area (Å²) in [5.41, 5.74) is 1.90. The Balaban J connectivity index is 1.55. The first kappa shape index (κ1) is 21.7. The molecule has 2 atom stereocenters. The SMILES string of the molecule is CCOc1ccccc1OCCCC(=O)NC(c1nc2ccccc2[nH]1)C(C)CC. The summed E-state index contributed by atoms with van der Waals surface area (Å²) in [6.07, 6.45) is 1.96. The second kappa shape index (κ2) is 10.7. The van der Waals surface area contributed by atoms with Gasteiger partial charge in [-0.25, -0.2) is 4.98 Å². The van der Waals surface area contributed by atoms with E-state index in [9.17, 15) is 4.79 Å². The number of benzene rings is 2. The highest BCUT2D eigenvalue weighted by atomic mass is 16.5. The highest BCUT2D eigenvalue weighted by Gasteiger charge is 2.23. The quantitative estimate of drug-likeness (QED) is 0.436. The fraction of sp³-hybridized carbons (Fsp3) is 0.417. The summed E-state index contributed by atoms with van der Waals surface area (Å²) >= 11 is 0. The number of para-hydroxylation sites is 4. The van der Waals surface area contributed by atoms with Gasteiger partial charge in [-0.15, -0.1) is 0 Å². The summed E-state index contributed by atoms with van der Waals surface area (Å²) in [5.74, 6) is 2.51. The van der Waals surface area contributed by atoms with E-state index in [1.165, 1.54) is 0 Å². The van der Waals surface area contributed by atoms with Gasteiger partial charge in [0.1, 0.15) is 5.82 Å². The van der Waals surface area contributed by atoms with Crippen molar-refractivity contribution in [2.75, 3.05) is 13.2 Å². The molecule has 160 valence electrons. The summed E-state index contributed by atoms with van der Waals surface area (Å²) in [5, 5.41) is 3.16. The van der Waals surface area contributed by atoms with Crippen LogP contribution in [0.4, 0.5) is 0 Å². The zero-order valence-corrected chi connectivity index (χ0v) is 18.0. The van der Waals surface area contributed by atoms with Crippen LogP contribution in [-0.4, -0.2) is 29.1 Å². The molecule has 1 heterocycles. The molecule has 2 N–H and O–H groups in total. The third-order valence-electron chi connectivity index (χ3n) is 5.19. The van der Waals surface area contributed by atoms with E-state index in [4.69, 9.17) is 9.47 Å². The van der Waals surface area contributed by atoms with Crippen LogP contribution in [0.5, 0.6) is 11.5 Å². The maximum Gasteiger partial charge on any atom is 0.220 e. The number of carbonyl (C=O) groups excluding carboxylic acids is 1. The molecule has 6 nitrogen and oxygen atoms in total. The van der Waals surface area contributed by atoms with Gasteiger partial charge in [0.25, 0.3) is 0 Å². The molecule has 0 aliphatic heterocycles. The van der Waals surface area contributed by atoms with E-state index in [-0.39, 0.29) is 17.9 Å². The molecule has 2 aromatic carbocycles. The Morgan fingerprint density at radius 1 is 1.07 bits per heavy atom. The molecule has 0 spiro atoms. The zero-order valence-electron chi connectivity index (χ0n) is 18.0. The lowest BCUT2D eigenvalue weighted by atomic mass is 9.98. The number of carbonyl (C=O) groups is 1. The minimum Gasteiger partial charge on any atom is -0.490 e. The maximum atomic E-state index is 12.6. The molecule has 0 bridgehead atoms. The van der Waals surface area contributed by atoms with Gasteiger partial charge in [0, 0.05) is 6.42 Å². The fourth-order valence-electron chi connectivity index (χ4n) is 3.34. The van der Waals surface area contributed by atoms with Gasteiger partial charge in [0.05, 0.1) is 30.3 Å². The number of fused-ring (bicyclic) bond motifs is 1. The van der Waals surface area contributed by atoms with E-state index in [2.05, 4.69) is 29.1 Å². The second-order valence-corrected chi connectivity index (χ2v) is 7.40. The Morgan fingerprint density at radius 2 is 1.77 bits per heavy atom. The number of amides is 1. The largest absolute Gasteiger partial charge is 0.490 e. The fourth-order valence-corrected chi connectivity index (χ4v) is 3.34. The second-order valence-electron chi connectivity index (χ2n) is 7.40. The average molecular weight is 410 g/mol. The average Bonchev–Trinajstić information content (AvgIpc) is 3.19. The molecule has 0 radical (unpaired) electrons. The van der Waals surface area contributed by atoms with Crippen LogP contribution in [0, 0.1) is 5.92 Å². The molecule has 30 heavy (non-hydrogen) atoms. The first-order chi connectivity index (χ1) is 14.6. The van der Waals surface area contributed by atoms with Gasteiger partial charge in [0.15, 0.2) is 11.5 Å². The zero-order chi connectivity index (χ0) is 21.3. The number of rotatable bonds is 11. The van der Waals surface area contributed by atoms with Crippen LogP contribution in [0.3, 0.4) is 0 Å². The van der Waals surface area contributed by atoms with Crippen molar-refractivity contribution in [3.63, 3.8) is 0 Å². The molecule has 0 saturated carbocycles. The van der Waals surface area contributed by atoms with Crippen molar-refractivity contribution in [3.8, 4) is 11.5 Å². The summed E-state index contributed by atoms with van der Waals surface area (Å²) in [6.45, 7) is 7.23. The minimum absolute atomic E-state index is 0.00227. The number of nitrogens with one attached hydrogen (secondary N) is 2. The third kappa shape index (κ3) is 5.53. The van der Waals surface area contributed by atoms with Crippen molar-refractivity contribution < 1.29 is 14.3 Å². The predicted octanol–water partition coefficient (Wildman–Crippen LogP) is 5.02. The predicted molar refractivity (Wildman–Crippen MR) is 119 cm³/mol. The number of hydrogen-bond donors (Lipinski definition) is 2. The lowest BCUT2D eigenvalue weighted by molar-refractivity contribution is -0.122. The molecular formula is C24H31N3O3. The van der Waals surface area contributed by atoms with Crippen molar-refractivity contribution in [1.82, 2.24) is 15.3 Å². The number of hydrogen-bond acceptors (Lipinski definition) is 4. The summed E-state index contributed by atoms with van der Waals surface area (Å²) in [4.78, 5) is 20.7. The molecule has 0 saturated heterocycles. The molecule has 2 unspecified atom stereocenters. The van der Waals surface area contributed by atoms with E-state index in [0.29, 0.717) is 31.8 Å². The Morgan fingerprint density at radius 3 is 2.47 bits per heavy atom. The van der Waals surface area contributed by atoms with Gasteiger partial charge in [-0.3, -0.25) is 4.79 Å². The molecular weight excluding hydrogens is 378 g/mol. The Labute approximate surface area is 178 Å². The molecule has 1 amide bonds. The topological polar surface area (TPSA) is 76.2 Å². The Hall–Kier alpha value is -3.02. The van der Waals surface area contributed by atoms with Crippen molar-refractivity contribution in [2.45, 2.75) is 46.1 Å². The molecule has 3 rings (SSSR count). The maximum absolute atomic E-state index is 12.6. The number of aromatic nitrogens is 2. The standard InChI is InChI=1S/C24H31N3O3/c1-4-17(3)23(24-25-18-11-6-7-12-19(18)26-24)27-22(28)15-10-16-30-21-14-9-8-13-20(21)29-5-2/h6-9,11-14,17,23H,4-5,10,15-16H2,1-3H3,(H,25,26)(H,27,28). The van der Waals surface area contributed by atoms with Crippen LogP contribution in [0.15, 0.2) is 48.5 Å². The van der Waals surface area contributed by atoms with E-state index in [1.807, 2.05) is 55.5 Å². The number of H-pyrrole nitrogens is 1. The molecule has 6 heteroatoms. The first-order valence-electron chi connectivity index (χ1n) is 10.7. The van der Waals surface area contributed by atoms with Crippen molar-refractivity contribution in [2.24, 2.45) is 5.92 Å². The molecule has 1 aromatic heterocycles. The minimum atomic E-state index is -0.144. The molecule has 0 aliphatic carbocycles. The van der Waals surface area contributed by atoms with E-state index >= 15 is 0 Å². The number of nitrogens with zero attached hydrogens (tertiary/aromatic N) is 1. The lowest BCUT2D eigenvalue weighted by Crippen LogP contribution is -2.33. The number of imidazole rings is 1. The summed E-state index contributed by atoms with van der Waals surface area (Å²) in [6, 6.07) is 15.4. The lowest BCUT2D eigenvalue weighted by Gasteiger charge is -2.22. The monoisotopic (exact) mass is 409 g/mol. The van der Waals surface area contributed by atoms with E-state index in [1.54, 1.807) is 0 Å². The number of aromatic amines is 1. The summed E-state index contributed by atoms with van der Waals surface area (Å²) < 4.78 is 11.4. The van der Waals surface area contributed by atoms with E-state index < -0.39 is 0 Å². The highest BCUT2D eigenvalue weighted by Crippen LogP contribution is 2.27. The van der Waals surface area contributed by atoms with Crippen molar-refractivity contribution in [3.05, 3.63) is 54.4 Å². The first-order valence-corrected chi connectivity index (χ1v) is 10.7. The van der Waals surface area contributed by atoms with Gasteiger partial charge < -0.3 is 19.8 Å². The van der Waals surface area contributed by atoms with Crippen LogP contribution >= 0.6 is 0 Å². The summed E-state index contributed by atoms with van der Waals surface area (Å²) in [7, 11) is 0. The van der Waals surface area contributed by atoms with Gasteiger partial charge in [-0.1, -0.05) is 44.5 Å². The van der Waals surface area contributed by atoms with Gasteiger partial charge in [-0.2, -0.15) is 0 Å². The van der Waals surface area contributed by atoms with Crippen LogP contribution in [-0.2, 0) is 4.79 Å². The Bertz CT molecular complexity index is 921. The highest BCUT2D eigenvalue weighted by molar-refractivity contribution is 5.77. The Kier molecular flexibility index (Phi) is 7.71. The normalized spacial score (nSPS) is 13.0. The van der Waals surface area contributed by atoms with Crippen LogP contribution in [0.1, 0.15) is 51.9 Å². The number of ether oxygens (including phenoxy) is 2. The molecule has 3 aromatic rings. The van der Waals surface area contributed by atoms with Crippen LogP contribution in [0.25, 0.3) is 11.0 Å². The molecule has 0 fully saturated rings. The van der Waals surface area contributed by atoms with Crippen LogP contribution < -0.4 is 14.8 Å². The molecule has 0 aliphatic rings. The van der Waals surface area contributed by atoms with Crippen molar-refractivity contribution in [1.29, 1.82) is 0 Å². The smallest absolute Gasteiger partial charge is 0.220 e. The van der Waals surface area contributed by atoms with Crippen LogP contribution in [0.2, 0.25) is 0 Å². The van der Waals surface area contributed by atoms with Crippen molar-refractivity contribution >= 4 is 16.9 Å². The third-order valence-corrected chi connectivity index (χ3v) is 5.19. The van der Waals surface area contributed by atoms with Gasteiger partial charge in [0.2, 0.25) is 5.91 Å². The van der Waals surface area contributed by atoms with Gasteiger partial charge >= 0.3 is 0 Å². The van der Waals surface area contributed by atoms with E-state index in [0.717, 1.165) is 29.0 Å². The van der Waals surface area contributed by atoms with Gasteiger partial charge in [-0.05, 0) is 43.5 Å².